The van der Waals surface area contributed by atoms with Gasteiger partial charge in [0.1, 0.15) is 5.60 Å². The third-order valence-electron chi connectivity index (χ3n) is 4.06. The second-order valence-electron chi connectivity index (χ2n) is 7.12. The molecule has 112 valence electrons. The number of carbonyl (C=O) groups is 1. The maximum absolute atomic E-state index is 11.9. The number of aromatic nitrogens is 2. The van der Waals surface area contributed by atoms with E-state index in [0.717, 1.165) is 12.8 Å². The van der Waals surface area contributed by atoms with Crippen LogP contribution in [0.1, 0.15) is 53.5 Å². The molecule has 1 amide bonds. The Morgan fingerprint density at radius 3 is 2.65 bits per heavy atom. The second-order valence-corrected chi connectivity index (χ2v) is 7.12. The van der Waals surface area contributed by atoms with Crippen molar-refractivity contribution in [3.63, 3.8) is 0 Å². The fourth-order valence-electron chi connectivity index (χ4n) is 3.00. The zero-order chi connectivity index (χ0) is 15.0. The summed E-state index contributed by atoms with van der Waals surface area (Å²) in [6.45, 7) is 10.0. The minimum absolute atomic E-state index is 0.0302. The van der Waals surface area contributed by atoms with Crippen LogP contribution in [0.15, 0.2) is 18.7 Å². The van der Waals surface area contributed by atoms with Crippen LogP contribution in [0.25, 0.3) is 0 Å². The Labute approximate surface area is 120 Å². The molecule has 1 fully saturated rings. The van der Waals surface area contributed by atoms with Crippen LogP contribution >= 0.6 is 0 Å². The maximum atomic E-state index is 11.9. The highest BCUT2D eigenvalue weighted by Gasteiger charge is 2.45. The number of ether oxygens (including phenoxy) is 1. The summed E-state index contributed by atoms with van der Waals surface area (Å²) in [6, 6.07) is 0.467. The molecule has 0 bridgehead atoms. The van der Waals surface area contributed by atoms with E-state index in [-0.39, 0.29) is 17.6 Å². The lowest BCUT2D eigenvalue weighted by Gasteiger charge is -2.34. The zero-order valence-electron chi connectivity index (χ0n) is 13.0. The molecule has 1 aliphatic rings. The zero-order valence-corrected chi connectivity index (χ0v) is 13.0. The SMILES string of the molecule is CC(C)(C)OC(=O)NC1CCC(n2ccnc2)C1(C)C. The molecule has 2 atom stereocenters. The summed E-state index contributed by atoms with van der Waals surface area (Å²) in [7, 11) is 0. The maximum Gasteiger partial charge on any atom is 0.407 e. The largest absolute Gasteiger partial charge is 0.444 e. The van der Waals surface area contributed by atoms with Crippen molar-refractivity contribution in [1.29, 1.82) is 0 Å². The van der Waals surface area contributed by atoms with Crippen molar-refractivity contribution < 1.29 is 9.53 Å². The van der Waals surface area contributed by atoms with Crippen molar-refractivity contribution in [2.45, 2.75) is 65.1 Å². The topological polar surface area (TPSA) is 56.1 Å². The monoisotopic (exact) mass is 279 g/mol. The molecule has 1 saturated carbocycles. The van der Waals surface area contributed by atoms with Crippen LogP contribution in [0.4, 0.5) is 4.79 Å². The number of hydrogen-bond donors (Lipinski definition) is 1. The normalized spacial score (nSPS) is 25.4. The van der Waals surface area contributed by atoms with Crippen molar-refractivity contribution in [1.82, 2.24) is 14.9 Å². The fraction of sp³-hybridized carbons (Fsp3) is 0.733. The van der Waals surface area contributed by atoms with Gasteiger partial charge in [0, 0.05) is 29.9 Å². The molecule has 2 unspecified atom stereocenters. The highest BCUT2D eigenvalue weighted by Crippen LogP contribution is 2.46. The highest BCUT2D eigenvalue weighted by atomic mass is 16.6. The average Bonchev–Trinajstić information content (AvgIpc) is 2.85. The summed E-state index contributed by atoms with van der Waals surface area (Å²) < 4.78 is 7.49. The lowest BCUT2D eigenvalue weighted by Crippen LogP contribution is -2.45. The smallest absolute Gasteiger partial charge is 0.407 e. The van der Waals surface area contributed by atoms with Gasteiger partial charge >= 0.3 is 6.09 Å². The molecule has 0 aliphatic heterocycles. The fourth-order valence-corrected chi connectivity index (χ4v) is 3.00. The first kappa shape index (κ1) is 14.9. The lowest BCUT2D eigenvalue weighted by atomic mass is 9.83. The van der Waals surface area contributed by atoms with E-state index < -0.39 is 5.60 Å². The van der Waals surface area contributed by atoms with E-state index in [4.69, 9.17) is 4.74 Å². The van der Waals surface area contributed by atoms with Gasteiger partial charge in [0.25, 0.3) is 0 Å². The molecule has 5 heteroatoms. The number of nitrogens with zero attached hydrogens (tertiary/aromatic N) is 2. The van der Waals surface area contributed by atoms with E-state index >= 15 is 0 Å². The predicted molar refractivity (Wildman–Crippen MR) is 77.4 cm³/mol. The lowest BCUT2D eigenvalue weighted by molar-refractivity contribution is 0.0461. The van der Waals surface area contributed by atoms with Crippen LogP contribution in [0.3, 0.4) is 0 Å². The molecule has 1 aliphatic carbocycles. The molecule has 1 N–H and O–H groups in total. The van der Waals surface area contributed by atoms with Crippen molar-refractivity contribution in [2.75, 3.05) is 0 Å². The quantitative estimate of drug-likeness (QED) is 0.904. The molecule has 5 nitrogen and oxygen atoms in total. The van der Waals surface area contributed by atoms with E-state index in [1.54, 1.807) is 6.20 Å². The van der Waals surface area contributed by atoms with E-state index in [0.29, 0.717) is 6.04 Å². The first-order valence-electron chi connectivity index (χ1n) is 7.17. The Balaban J connectivity index is 2.02. The van der Waals surface area contributed by atoms with E-state index in [1.165, 1.54) is 0 Å². The third kappa shape index (κ3) is 3.14. The van der Waals surface area contributed by atoms with E-state index in [2.05, 4.69) is 28.7 Å². The number of amides is 1. The number of hydrogen-bond acceptors (Lipinski definition) is 3. The first-order valence-corrected chi connectivity index (χ1v) is 7.17. The molecule has 1 heterocycles. The van der Waals surface area contributed by atoms with Crippen molar-refractivity contribution in [3.05, 3.63) is 18.7 Å². The molecule has 20 heavy (non-hydrogen) atoms. The van der Waals surface area contributed by atoms with Gasteiger partial charge in [0.15, 0.2) is 0 Å². The number of nitrogens with one attached hydrogen (secondary N) is 1. The molecule has 0 spiro atoms. The molecule has 0 saturated heterocycles. The Morgan fingerprint density at radius 1 is 1.40 bits per heavy atom. The van der Waals surface area contributed by atoms with E-state index in [9.17, 15) is 4.79 Å². The molecular weight excluding hydrogens is 254 g/mol. The van der Waals surface area contributed by atoms with Crippen LogP contribution in [0.5, 0.6) is 0 Å². The Kier molecular flexibility index (Phi) is 3.80. The standard InChI is InChI=1S/C15H25N3O2/c1-14(2,3)20-13(19)17-11-6-7-12(15(11,4)5)18-9-8-16-10-18/h8-12H,6-7H2,1-5H3,(H,17,19). The van der Waals surface area contributed by atoms with Gasteiger partial charge in [-0.15, -0.1) is 0 Å². The van der Waals surface area contributed by atoms with Crippen molar-refractivity contribution in [2.24, 2.45) is 5.41 Å². The van der Waals surface area contributed by atoms with Crippen LogP contribution in [-0.2, 0) is 4.74 Å². The van der Waals surface area contributed by atoms with Gasteiger partial charge in [-0.2, -0.15) is 0 Å². The summed E-state index contributed by atoms with van der Waals surface area (Å²) in [5.41, 5.74) is -0.492. The second kappa shape index (κ2) is 5.11. The number of rotatable bonds is 2. The molecular formula is C15H25N3O2. The number of imidazole rings is 1. The van der Waals surface area contributed by atoms with Gasteiger partial charge in [-0.3, -0.25) is 0 Å². The van der Waals surface area contributed by atoms with Crippen molar-refractivity contribution >= 4 is 6.09 Å². The van der Waals surface area contributed by atoms with Crippen LogP contribution in [0, 0.1) is 5.41 Å². The molecule has 0 radical (unpaired) electrons. The van der Waals surface area contributed by atoms with Crippen LogP contribution in [-0.4, -0.2) is 27.3 Å². The summed E-state index contributed by atoms with van der Waals surface area (Å²) in [4.78, 5) is 16.1. The molecule has 0 aromatic carbocycles. The third-order valence-corrected chi connectivity index (χ3v) is 4.06. The Morgan fingerprint density at radius 2 is 2.10 bits per heavy atom. The number of carbonyl (C=O) groups excluding carboxylic acids is 1. The minimum Gasteiger partial charge on any atom is -0.444 e. The number of alkyl carbamates (subject to hydrolysis) is 1. The van der Waals surface area contributed by atoms with Gasteiger partial charge in [-0.1, -0.05) is 13.8 Å². The van der Waals surface area contributed by atoms with Gasteiger partial charge in [0.2, 0.25) is 0 Å². The van der Waals surface area contributed by atoms with E-state index in [1.807, 2.05) is 33.3 Å². The Bertz CT molecular complexity index is 460. The van der Waals surface area contributed by atoms with Gasteiger partial charge < -0.3 is 14.6 Å². The summed E-state index contributed by atoms with van der Waals surface area (Å²) in [6.07, 6.45) is 7.29. The van der Waals surface area contributed by atoms with Gasteiger partial charge in [-0.05, 0) is 33.6 Å². The first-order chi connectivity index (χ1) is 9.20. The molecule has 1 aromatic rings. The predicted octanol–water partition coefficient (Wildman–Crippen LogP) is 3.14. The Hall–Kier alpha value is -1.52. The molecule has 2 rings (SSSR count). The summed E-state index contributed by atoms with van der Waals surface area (Å²) >= 11 is 0. The summed E-state index contributed by atoms with van der Waals surface area (Å²) in [5, 5.41) is 3.02. The highest BCUT2D eigenvalue weighted by molar-refractivity contribution is 5.68. The van der Waals surface area contributed by atoms with Gasteiger partial charge in [0.05, 0.1) is 6.33 Å². The van der Waals surface area contributed by atoms with Crippen LogP contribution < -0.4 is 5.32 Å². The molecule has 1 aromatic heterocycles. The van der Waals surface area contributed by atoms with Crippen LogP contribution in [0.2, 0.25) is 0 Å². The van der Waals surface area contributed by atoms with Crippen molar-refractivity contribution in [3.8, 4) is 0 Å². The van der Waals surface area contributed by atoms with Gasteiger partial charge in [-0.25, -0.2) is 9.78 Å². The average molecular weight is 279 g/mol. The minimum atomic E-state index is -0.462. The summed E-state index contributed by atoms with van der Waals surface area (Å²) in [5.74, 6) is 0.